The smallest absolute Gasteiger partial charge is 0.348 e. The molecule has 6 nitrogen and oxygen atoms in total. The summed E-state index contributed by atoms with van der Waals surface area (Å²) in [6.07, 6.45) is 4.86. The molecule has 6 heteroatoms. The molecule has 0 radical (unpaired) electrons. The van der Waals surface area contributed by atoms with Gasteiger partial charge < -0.3 is 9.84 Å². The van der Waals surface area contributed by atoms with E-state index in [2.05, 4.69) is 30.0 Å². The number of hydrogen-bond donors (Lipinski definition) is 1. The first-order valence-corrected chi connectivity index (χ1v) is 10.1. The number of benzene rings is 2. The lowest BCUT2D eigenvalue weighted by molar-refractivity contribution is -0.159. The van der Waals surface area contributed by atoms with Gasteiger partial charge in [-0.1, -0.05) is 30.3 Å². The Hall–Kier alpha value is -2.86. The van der Waals surface area contributed by atoms with E-state index in [1.165, 1.54) is 0 Å². The van der Waals surface area contributed by atoms with Gasteiger partial charge in [0, 0.05) is 50.3 Å². The van der Waals surface area contributed by atoms with Gasteiger partial charge in [-0.3, -0.25) is 9.58 Å². The normalized spacial score (nSPS) is 16.9. The fraction of sp³-hybridized carbons (Fsp3) is 0.391. The Balaban J connectivity index is 1.44. The Morgan fingerprint density at radius 2 is 1.90 bits per heavy atom. The van der Waals surface area contributed by atoms with Gasteiger partial charge in [0.1, 0.15) is 5.75 Å². The summed E-state index contributed by atoms with van der Waals surface area (Å²) >= 11 is 0. The van der Waals surface area contributed by atoms with Gasteiger partial charge in [0.15, 0.2) is 0 Å². The Labute approximate surface area is 170 Å². The van der Waals surface area contributed by atoms with Gasteiger partial charge in [0.05, 0.1) is 6.20 Å². The highest BCUT2D eigenvalue weighted by atomic mass is 16.5. The molecule has 0 spiro atoms. The van der Waals surface area contributed by atoms with Crippen LogP contribution in [0.2, 0.25) is 0 Å². The van der Waals surface area contributed by atoms with E-state index in [-0.39, 0.29) is 0 Å². The molecule has 4 rings (SSSR count). The van der Waals surface area contributed by atoms with Crippen LogP contribution in [0.5, 0.6) is 5.75 Å². The van der Waals surface area contributed by atoms with Gasteiger partial charge in [-0.05, 0) is 36.8 Å². The van der Waals surface area contributed by atoms with Crippen LogP contribution < -0.4 is 4.74 Å². The predicted octanol–water partition coefficient (Wildman–Crippen LogP) is 4.12. The van der Waals surface area contributed by atoms with Crippen LogP contribution in [0.1, 0.15) is 38.3 Å². The maximum Gasteiger partial charge on any atom is 0.348 e. The van der Waals surface area contributed by atoms with E-state index < -0.39 is 11.6 Å². The number of piperidine rings is 1. The summed E-state index contributed by atoms with van der Waals surface area (Å²) in [6, 6.07) is 14.1. The lowest BCUT2D eigenvalue weighted by atomic mass is 9.90. The van der Waals surface area contributed by atoms with Crippen LogP contribution in [0.25, 0.3) is 10.8 Å². The molecule has 1 aliphatic heterocycles. The number of carboxylic acids is 1. The van der Waals surface area contributed by atoms with E-state index in [1.807, 2.05) is 53.3 Å². The number of hydrogen-bond acceptors (Lipinski definition) is 4. The van der Waals surface area contributed by atoms with Crippen molar-refractivity contribution < 1.29 is 14.6 Å². The average molecular weight is 393 g/mol. The molecular weight excluding hydrogens is 366 g/mol. The third kappa shape index (κ3) is 4.12. The predicted molar refractivity (Wildman–Crippen MR) is 112 cm³/mol. The fourth-order valence-corrected chi connectivity index (χ4v) is 3.89. The molecule has 0 bridgehead atoms. The molecule has 0 unspecified atom stereocenters. The van der Waals surface area contributed by atoms with Crippen molar-refractivity contribution in [2.75, 3.05) is 13.1 Å². The van der Waals surface area contributed by atoms with Gasteiger partial charge >= 0.3 is 5.97 Å². The zero-order chi connectivity index (χ0) is 20.4. The molecule has 3 aromatic rings. The highest BCUT2D eigenvalue weighted by molar-refractivity contribution is 5.84. The summed E-state index contributed by atoms with van der Waals surface area (Å²) in [5.74, 6) is -0.282. The molecule has 29 heavy (non-hydrogen) atoms. The summed E-state index contributed by atoms with van der Waals surface area (Å²) in [4.78, 5) is 14.4. The molecule has 2 aromatic carbocycles. The van der Waals surface area contributed by atoms with Crippen molar-refractivity contribution in [2.24, 2.45) is 0 Å². The van der Waals surface area contributed by atoms with Crippen molar-refractivity contribution in [3.8, 4) is 5.75 Å². The van der Waals surface area contributed by atoms with E-state index in [1.54, 1.807) is 0 Å². The Bertz CT molecular complexity index is 1000. The molecule has 0 aliphatic carbocycles. The molecule has 2 heterocycles. The van der Waals surface area contributed by atoms with Crippen LogP contribution in [0.15, 0.2) is 54.9 Å². The second-order valence-corrected chi connectivity index (χ2v) is 8.11. The maximum absolute atomic E-state index is 12.1. The van der Waals surface area contributed by atoms with E-state index in [0.29, 0.717) is 37.7 Å². The van der Waals surface area contributed by atoms with E-state index in [4.69, 9.17) is 4.74 Å². The van der Waals surface area contributed by atoms with Gasteiger partial charge in [-0.2, -0.15) is 5.10 Å². The van der Waals surface area contributed by atoms with Gasteiger partial charge in [-0.25, -0.2) is 4.79 Å². The third-order valence-corrected chi connectivity index (χ3v) is 5.68. The number of aromatic nitrogens is 2. The molecule has 0 atom stereocenters. The second kappa shape index (κ2) is 7.87. The topological polar surface area (TPSA) is 67.6 Å². The number of ether oxygens (including phenoxy) is 1. The van der Waals surface area contributed by atoms with Crippen molar-refractivity contribution >= 4 is 16.7 Å². The van der Waals surface area contributed by atoms with E-state index in [9.17, 15) is 9.90 Å². The minimum absolute atomic E-state index is 0.333. The fourth-order valence-electron chi connectivity index (χ4n) is 3.89. The molecule has 0 amide bonds. The first kappa shape index (κ1) is 19.5. The summed E-state index contributed by atoms with van der Waals surface area (Å²) < 4.78 is 8.05. The number of carboxylic acid groups (broad SMARTS) is 1. The third-order valence-electron chi connectivity index (χ3n) is 5.68. The Morgan fingerprint density at radius 1 is 1.17 bits per heavy atom. The molecule has 1 aromatic heterocycles. The monoisotopic (exact) mass is 393 g/mol. The van der Waals surface area contributed by atoms with Gasteiger partial charge in [-0.15, -0.1) is 0 Å². The number of rotatable bonds is 6. The van der Waals surface area contributed by atoms with Gasteiger partial charge in [0.2, 0.25) is 5.60 Å². The van der Waals surface area contributed by atoms with E-state index >= 15 is 0 Å². The summed E-state index contributed by atoms with van der Waals surface area (Å²) in [6.45, 7) is 6.32. The van der Waals surface area contributed by atoms with Crippen LogP contribution >= 0.6 is 0 Å². The number of nitrogens with zero attached hydrogens (tertiary/aromatic N) is 3. The lowest BCUT2D eigenvalue weighted by Gasteiger charge is -2.38. The van der Waals surface area contributed by atoms with Crippen molar-refractivity contribution in [2.45, 2.75) is 44.9 Å². The average Bonchev–Trinajstić information content (AvgIpc) is 3.18. The van der Waals surface area contributed by atoms with Gasteiger partial charge in [0.25, 0.3) is 0 Å². The summed E-state index contributed by atoms with van der Waals surface area (Å²) in [7, 11) is 0. The van der Waals surface area contributed by atoms with Crippen LogP contribution in [-0.2, 0) is 11.3 Å². The Morgan fingerprint density at radius 3 is 2.55 bits per heavy atom. The summed E-state index contributed by atoms with van der Waals surface area (Å²) in [5.41, 5.74) is -0.0295. The summed E-state index contributed by atoms with van der Waals surface area (Å²) in [5, 5.41) is 16.5. The van der Waals surface area contributed by atoms with Crippen LogP contribution in [0.4, 0.5) is 0 Å². The second-order valence-electron chi connectivity index (χ2n) is 8.11. The minimum atomic E-state index is -1.18. The maximum atomic E-state index is 12.1. The number of fused-ring (bicyclic) bond motifs is 1. The van der Waals surface area contributed by atoms with Crippen molar-refractivity contribution in [3.05, 3.63) is 60.4 Å². The molecule has 0 saturated carbocycles. The standard InChI is InChI=1S/C23H27N3O3/c1-17(2)26-16-18(14-24-26)15-25-11-9-23(10-12-25,22(27)28)29-21-8-7-19-5-3-4-6-20(19)13-21/h3-8,13-14,16-17H,9-12,15H2,1-2H3,(H,27,28). The highest BCUT2D eigenvalue weighted by Crippen LogP contribution is 2.31. The van der Waals surface area contributed by atoms with Crippen molar-refractivity contribution in [3.63, 3.8) is 0 Å². The Kier molecular flexibility index (Phi) is 5.28. The molecule has 1 fully saturated rings. The first-order valence-electron chi connectivity index (χ1n) is 10.1. The first-order chi connectivity index (χ1) is 13.9. The SMILES string of the molecule is CC(C)n1cc(CN2CCC(Oc3ccc4ccccc4c3)(C(=O)O)CC2)cn1. The quantitative estimate of drug-likeness (QED) is 0.682. The number of likely N-dealkylation sites (tertiary alicyclic amines) is 1. The number of carbonyl (C=O) groups is 1. The zero-order valence-electron chi connectivity index (χ0n) is 16.9. The van der Waals surface area contributed by atoms with Crippen LogP contribution in [0.3, 0.4) is 0 Å². The molecular formula is C23H27N3O3. The zero-order valence-corrected chi connectivity index (χ0v) is 16.9. The molecule has 1 saturated heterocycles. The van der Waals surface area contributed by atoms with Crippen molar-refractivity contribution in [1.82, 2.24) is 14.7 Å². The molecule has 152 valence electrons. The largest absolute Gasteiger partial charge is 0.478 e. The highest BCUT2D eigenvalue weighted by Gasteiger charge is 2.44. The van der Waals surface area contributed by atoms with E-state index in [0.717, 1.165) is 22.9 Å². The molecule has 1 N–H and O–H groups in total. The van der Waals surface area contributed by atoms with Crippen LogP contribution in [-0.4, -0.2) is 44.4 Å². The molecule has 1 aliphatic rings. The van der Waals surface area contributed by atoms with Crippen molar-refractivity contribution in [1.29, 1.82) is 0 Å². The lowest BCUT2D eigenvalue weighted by Crippen LogP contribution is -2.53. The minimum Gasteiger partial charge on any atom is -0.478 e. The van der Waals surface area contributed by atoms with Crippen LogP contribution in [0, 0.1) is 0 Å². The number of aliphatic carboxylic acids is 1.